The Balaban J connectivity index is 1.36. The number of hydrogen-bond donors (Lipinski definition) is 2. The molecular formula is C19H20ClN3O2S. The van der Waals surface area contributed by atoms with Crippen molar-refractivity contribution in [3.8, 4) is 11.3 Å². The van der Waals surface area contributed by atoms with E-state index in [1.54, 1.807) is 24.3 Å². The Morgan fingerprint density at radius 2 is 1.88 bits per heavy atom. The molecule has 1 aromatic heterocycles. The van der Waals surface area contributed by atoms with Gasteiger partial charge in [0.1, 0.15) is 5.76 Å². The van der Waals surface area contributed by atoms with Gasteiger partial charge >= 0.3 is 0 Å². The minimum atomic E-state index is -0.344. The summed E-state index contributed by atoms with van der Waals surface area (Å²) in [5, 5.41) is 7.04. The van der Waals surface area contributed by atoms with E-state index in [0.717, 1.165) is 12.1 Å². The van der Waals surface area contributed by atoms with Gasteiger partial charge in [0, 0.05) is 23.2 Å². The highest BCUT2D eigenvalue weighted by molar-refractivity contribution is 7.80. The van der Waals surface area contributed by atoms with Gasteiger partial charge in [-0.3, -0.25) is 10.1 Å². The quantitative estimate of drug-likeness (QED) is 0.789. The highest BCUT2D eigenvalue weighted by atomic mass is 35.5. The molecule has 2 N–H and O–H groups in total. The number of thiocarbonyl (C=S) groups is 1. The van der Waals surface area contributed by atoms with Crippen LogP contribution < -0.4 is 10.6 Å². The van der Waals surface area contributed by atoms with Gasteiger partial charge in [0.2, 0.25) is 0 Å². The van der Waals surface area contributed by atoms with Gasteiger partial charge < -0.3 is 14.6 Å². The maximum Gasteiger partial charge on any atom is 0.293 e. The van der Waals surface area contributed by atoms with Gasteiger partial charge in [0.05, 0.1) is 0 Å². The number of hydrogen-bond acceptors (Lipinski definition) is 4. The molecule has 3 aliphatic heterocycles. The topological polar surface area (TPSA) is 57.5 Å². The van der Waals surface area contributed by atoms with Crippen molar-refractivity contribution in [2.75, 3.05) is 19.6 Å². The molecule has 26 heavy (non-hydrogen) atoms. The third-order valence-electron chi connectivity index (χ3n) is 5.16. The van der Waals surface area contributed by atoms with Crippen LogP contribution in [0.1, 0.15) is 23.4 Å². The number of fused-ring (bicyclic) bond motifs is 3. The number of nitrogens with zero attached hydrogens (tertiary/aromatic N) is 1. The lowest BCUT2D eigenvalue weighted by molar-refractivity contribution is 0.0805. The molecule has 1 atom stereocenters. The zero-order valence-electron chi connectivity index (χ0n) is 14.2. The molecule has 0 saturated carbocycles. The van der Waals surface area contributed by atoms with Crippen LogP contribution in [0.4, 0.5) is 0 Å². The van der Waals surface area contributed by atoms with Crippen LogP contribution in [0.2, 0.25) is 5.02 Å². The van der Waals surface area contributed by atoms with Crippen molar-refractivity contribution in [3.05, 3.63) is 47.2 Å². The van der Waals surface area contributed by atoms with Gasteiger partial charge in [0.25, 0.3) is 5.91 Å². The van der Waals surface area contributed by atoms with Crippen LogP contribution in [0, 0.1) is 5.92 Å². The summed E-state index contributed by atoms with van der Waals surface area (Å²) in [7, 11) is 0. The van der Waals surface area contributed by atoms with Gasteiger partial charge in [-0.05, 0) is 80.5 Å². The minimum absolute atomic E-state index is 0.230. The van der Waals surface area contributed by atoms with E-state index in [9.17, 15) is 4.79 Å². The molecule has 1 unspecified atom stereocenters. The second kappa shape index (κ2) is 7.39. The normalized spacial score (nSPS) is 24.3. The summed E-state index contributed by atoms with van der Waals surface area (Å²) in [6, 6.07) is 11.0. The summed E-state index contributed by atoms with van der Waals surface area (Å²) in [5.74, 6) is 1.13. The standard InChI is InChI=1S/C19H20ClN3O2S/c20-14-3-1-13(2-4-14)16-5-6-17(25-16)18(24)22-19(26)21-15-11-23-9-7-12(15)8-10-23/h1-6,12,15H,7-11H2,(H2,21,22,24,26). The van der Waals surface area contributed by atoms with Crippen molar-refractivity contribution in [2.24, 2.45) is 5.92 Å². The summed E-state index contributed by atoms with van der Waals surface area (Å²) < 4.78 is 5.66. The van der Waals surface area contributed by atoms with Gasteiger partial charge in [-0.25, -0.2) is 0 Å². The van der Waals surface area contributed by atoms with Crippen LogP contribution in [-0.4, -0.2) is 41.6 Å². The van der Waals surface area contributed by atoms with Gasteiger partial charge in [-0.15, -0.1) is 0 Å². The lowest BCUT2D eigenvalue weighted by Gasteiger charge is -2.45. The Morgan fingerprint density at radius 1 is 1.15 bits per heavy atom. The van der Waals surface area contributed by atoms with Gasteiger partial charge in [-0.1, -0.05) is 11.6 Å². The molecular weight excluding hydrogens is 370 g/mol. The first-order valence-corrected chi connectivity index (χ1v) is 9.57. The molecule has 1 amide bonds. The maximum atomic E-state index is 12.4. The van der Waals surface area contributed by atoms with Crippen molar-refractivity contribution in [3.63, 3.8) is 0 Å². The first kappa shape index (κ1) is 17.5. The van der Waals surface area contributed by atoms with E-state index >= 15 is 0 Å². The highest BCUT2D eigenvalue weighted by Gasteiger charge is 2.34. The summed E-state index contributed by atoms with van der Waals surface area (Å²) in [6.07, 6.45) is 2.38. The van der Waals surface area contributed by atoms with Crippen LogP contribution in [0.15, 0.2) is 40.8 Å². The zero-order valence-corrected chi connectivity index (χ0v) is 15.8. The lowest BCUT2D eigenvalue weighted by atomic mass is 9.84. The molecule has 0 radical (unpaired) electrons. The first-order valence-electron chi connectivity index (χ1n) is 8.78. The van der Waals surface area contributed by atoms with E-state index in [4.69, 9.17) is 28.2 Å². The Bertz CT molecular complexity index is 812. The van der Waals surface area contributed by atoms with E-state index in [1.165, 1.54) is 25.9 Å². The number of amides is 1. The second-order valence-electron chi connectivity index (χ2n) is 6.84. The summed E-state index contributed by atoms with van der Waals surface area (Å²) in [4.78, 5) is 14.8. The predicted octanol–water partition coefficient (Wildman–Crippen LogP) is 3.30. The van der Waals surface area contributed by atoms with Crippen molar-refractivity contribution in [1.29, 1.82) is 0 Å². The Kier molecular flexibility index (Phi) is 4.98. The largest absolute Gasteiger partial charge is 0.451 e. The Hall–Kier alpha value is -1.89. The zero-order chi connectivity index (χ0) is 18.1. The average molecular weight is 390 g/mol. The monoisotopic (exact) mass is 389 g/mol. The van der Waals surface area contributed by atoms with Crippen molar-refractivity contribution in [2.45, 2.75) is 18.9 Å². The number of benzene rings is 1. The van der Waals surface area contributed by atoms with E-state index in [2.05, 4.69) is 15.5 Å². The molecule has 3 fully saturated rings. The first-order chi connectivity index (χ1) is 12.6. The number of piperidine rings is 3. The Morgan fingerprint density at radius 3 is 2.54 bits per heavy atom. The molecule has 2 bridgehead atoms. The molecule has 0 spiro atoms. The summed E-state index contributed by atoms with van der Waals surface area (Å²) in [5.41, 5.74) is 0.862. The third kappa shape index (κ3) is 3.77. The molecule has 3 saturated heterocycles. The van der Waals surface area contributed by atoms with Crippen molar-refractivity contribution >= 4 is 34.8 Å². The van der Waals surface area contributed by atoms with Gasteiger partial charge in [0.15, 0.2) is 10.9 Å². The van der Waals surface area contributed by atoms with E-state index in [-0.39, 0.29) is 11.7 Å². The highest BCUT2D eigenvalue weighted by Crippen LogP contribution is 2.27. The predicted molar refractivity (Wildman–Crippen MR) is 105 cm³/mol. The molecule has 5 nitrogen and oxygen atoms in total. The SMILES string of the molecule is O=C(NC(=S)NC1CN2CCC1CC2)c1ccc(-c2ccc(Cl)cc2)o1. The Labute approximate surface area is 162 Å². The fraction of sp³-hybridized carbons (Fsp3) is 0.368. The number of halogens is 1. The van der Waals surface area contributed by atoms with E-state index in [1.807, 2.05) is 12.1 Å². The van der Waals surface area contributed by atoms with Crippen LogP contribution in [0.3, 0.4) is 0 Å². The van der Waals surface area contributed by atoms with Crippen LogP contribution >= 0.6 is 23.8 Å². The fourth-order valence-electron chi connectivity index (χ4n) is 3.73. The lowest BCUT2D eigenvalue weighted by Crippen LogP contribution is -2.59. The molecule has 4 heterocycles. The molecule has 5 rings (SSSR count). The fourth-order valence-corrected chi connectivity index (χ4v) is 4.10. The third-order valence-corrected chi connectivity index (χ3v) is 5.63. The average Bonchev–Trinajstić information content (AvgIpc) is 3.13. The maximum absolute atomic E-state index is 12.4. The number of furan rings is 1. The smallest absolute Gasteiger partial charge is 0.293 e. The molecule has 1 aromatic carbocycles. The van der Waals surface area contributed by atoms with Crippen LogP contribution in [0.25, 0.3) is 11.3 Å². The molecule has 7 heteroatoms. The second-order valence-corrected chi connectivity index (χ2v) is 7.69. The minimum Gasteiger partial charge on any atom is -0.451 e. The number of nitrogens with one attached hydrogen (secondary N) is 2. The van der Waals surface area contributed by atoms with Crippen molar-refractivity contribution in [1.82, 2.24) is 15.5 Å². The van der Waals surface area contributed by atoms with Crippen LogP contribution in [-0.2, 0) is 0 Å². The summed E-state index contributed by atoms with van der Waals surface area (Å²) >= 11 is 11.2. The molecule has 0 aliphatic carbocycles. The molecule has 2 aromatic rings. The number of rotatable bonds is 3. The van der Waals surface area contributed by atoms with Gasteiger partial charge in [-0.2, -0.15) is 0 Å². The molecule has 3 aliphatic rings. The number of carbonyl (C=O) groups excluding carboxylic acids is 1. The number of carbonyl (C=O) groups is 1. The van der Waals surface area contributed by atoms with E-state index in [0.29, 0.717) is 27.9 Å². The van der Waals surface area contributed by atoms with Crippen LogP contribution in [0.5, 0.6) is 0 Å². The summed E-state index contributed by atoms with van der Waals surface area (Å²) in [6.45, 7) is 3.33. The van der Waals surface area contributed by atoms with Crippen molar-refractivity contribution < 1.29 is 9.21 Å². The molecule has 136 valence electrons. The van der Waals surface area contributed by atoms with E-state index < -0.39 is 0 Å².